The van der Waals surface area contributed by atoms with Crippen LogP contribution in [0.25, 0.3) is 0 Å². The van der Waals surface area contributed by atoms with Gasteiger partial charge in [-0.15, -0.1) is 11.3 Å². The van der Waals surface area contributed by atoms with Gasteiger partial charge in [-0.25, -0.2) is 0 Å². The predicted molar refractivity (Wildman–Crippen MR) is 87.0 cm³/mol. The first kappa shape index (κ1) is 15.5. The molecule has 2 heterocycles. The molecule has 1 saturated carbocycles. The smallest absolute Gasteiger partial charge is 0.261 e. The summed E-state index contributed by atoms with van der Waals surface area (Å²) in [4.78, 5) is 29.1. The third-order valence-corrected chi connectivity index (χ3v) is 5.47. The summed E-state index contributed by atoms with van der Waals surface area (Å²) in [6.45, 7) is 4.99. The summed E-state index contributed by atoms with van der Waals surface area (Å²) >= 11 is 1.46. The summed E-state index contributed by atoms with van der Waals surface area (Å²) in [6.07, 6.45) is 3.36. The Balaban J connectivity index is 1.34. The van der Waals surface area contributed by atoms with E-state index in [1.807, 2.05) is 22.4 Å². The Hall–Kier alpha value is -1.40. The van der Waals surface area contributed by atoms with Crippen LogP contribution >= 0.6 is 11.3 Å². The van der Waals surface area contributed by atoms with Crippen molar-refractivity contribution in [3.63, 3.8) is 0 Å². The van der Waals surface area contributed by atoms with Gasteiger partial charge in [-0.05, 0) is 24.3 Å². The van der Waals surface area contributed by atoms with E-state index in [1.54, 1.807) is 0 Å². The van der Waals surface area contributed by atoms with E-state index >= 15 is 0 Å². The maximum Gasteiger partial charge on any atom is 0.261 e. The summed E-state index contributed by atoms with van der Waals surface area (Å²) in [5, 5.41) is 4.86. The fourth-order valence-corrected chi connectivity index (χ4v) is 3.57. The molecule has 0 spiro atoms. The Morgan fingerprint density at radius 3 is 2.59 bits per heavy atom. The number of thiophene rings is 1. The lowest BCUT2D eigenvalue weighted by Crippen LogP contribution is -2.52. The van der Waals surface area contributed by atoms with Gasteiger partial charge in [0, 0.05) is 45.2 Å². The Labute approximate surface area is 135 Å². The molecule has 0 atom stereocenters. The molecule has 0 unspecified atom stereocenters. The lowest BCUT2D eigenvalue weighted by molar-refractivity contribution is -0.139. The average molecular weight is 321 g/mol. The highest BCUT2D eigenvalue weighted by Gasteiger charge is 2.30. The molecular weight excluding hydrogens is 298 g/mol. The van der Waals surface area contributed by atoms with E-state index in [0.717, 1.165) is 50.4 Å². The van der Waals surface area contributed by atoms with Crippen LogP contribution in [0, 0.1) is 5.92 Å². The van der Waals surface area contributed by atoms with E-state index < -0.39 is 0 Å². The van der Waals surface area contributed by atoms with Crippen molar-refractivity contribution in [2.24, 2.45) is 5.92 Å². The van der Waals surface area contributed by atoms with E-state index in [9.17, 15) is 9.59 Å². The first-order chi connectivity index (χ1) is 10.7. The number of nitrogens with zero attached hydrogens (tertiary/aromatic N) is 2. The highest BCUT2D eigenvalue weighted by molar-refractivity contribution is 7.12. The second-order valence-electron chi connectivity index (χ2n) is 6.03. The summed E-state index contributed by atoms with van der Waals surface area (Å²) in [5.74, 6) is 0.669. The van der Waals surface area contributed by atoms with Crippen LogP contribution in [0.1, 0.15) is 28.9 Å². The molecular formula is C16H23N3O2S. The van der Waals surface area contributed by atoms with Crippen LogP contribution in [0.2, 0.25) is 0 Å². The molecule has 1 aromatic heterocycles. The monoisotopic (exact) mass is 321 g/mol. The third kappa shape index (κ3) is 3.67. The second kappa shape index (κ2) is 7.24. The Kier molecular flexibility index (Phi) is 5.10. The molecule has 1 aliphatic heterocycles. The van der Waals surface area contributed by atoms with Crippen molar-refractivity contribution in [1.82, 2.24) is 15.1 Å². The Bertz CT molecular complexity index is 505. The van der Waals surface area contributed by atoms with Crippen LogP contribution in [0.15, 0.2) is 17.5 Å². The Morgan fingerprint density at radius 2 is 2.00 bits per heavy atom. The Morgan fingerprint density at radius 1 is 1.23 bits per heavy atom. The number of piperazine rings is 1. The van der Waals surface area contributed by atoms with E-state index in [4.69, 9.17) is 0 Å². The molecule has 2 fully saturated rings. The molecule has 0 radical (unpaired) electrons. The topological polar surface area (TPSA) is 52.7 Å². The van der Waals surface area contributed by atoms with Crippen LogP contribution < -0.4 is 5.32 Å². The number of nitrogens with one attached hydrogen (secondary N) is 1. The average Bonchev–Trinajstić information content (AvgIpc) is 3.00. The standard InChI is InChI=1S/C16H23N3O2S/c20-15(14-5-2-12-22-14)17-6-7-18-8-10-19(11-9-18)16(21)13-3-1-4-13/h2,5,12-13H,1,3-4,6-11H2,(H,17,20). The van der Waals surface area contributed by atoms with Gasteiger partial charge in [-0.2, -0.15) is 0 Å². The van der Waals surface area contributed by atoms with Crippen molar-refractivity contribution in [3.05, 3.63) is 22.4 Å². The fraction of sp³-hybridized carbons (Fsp3) is 0.625. The fourth-order valence-electron chi connectivity index (χ4n) is 2.93. The van der Waals surface area contributed by atoms with Gasteiger partial charge in [-0.3, -0.25) is 14.5 Å². The van der Waals surface area contributed by atoms with Gasteiger partial charge in [0.25, 0.3) is 5.91 Å². The SMILES string of the molecule is O=C(NCCN1CCN(C(=O)C2CCC2)CC1)c1cccs1. The number of hydrogen-bond donors (Lipinski definition) is 1. The molecule has 1 saturated heterocycles. The molecule has 0 aromatic carbocycles. The van der Waals surface area contributed by atoms with Crippen molar-refractivity contribution in [3.8, 4) is 0 Å². The van der Waals surface area contributed by atoms with Gasteiger partial charge in [0.15, 0.2) is 0 Å². The van der Waals surface area contributed by atoms with Crippen LogP contribution in [-0.2, 0) is 4.79 Å². The lowest BCUT2D eigenvalue weighted by Gasteiger charge is -2.38. The van der Waals surface area contributed by atoms with Crippen molar-refractivity contribution in [1.29, 1.82) is 0 Å². The van der Waals surface area contributed by atoms with Gasteiger partial charge in [0.2, 0.25) is 5.91 Å². The van der Waals surface area contributed by atoms with E-state index in [0.29, 0.717) is 18.4 Å². The minimum Gasteiger partial charge on any atom is -0.350 e. The van der Waals surface area contributed by atoms with Crippen molar-refractivity contribution in [2.75, 3.05) is 39.3 Å². The molecule has 1 N–H and O–H groups in total. The van der Waals surface area contributed by atoms with Crippen LogP contribution in [-0.4, -0.2) is 60.9 Å². The van der Waals surface area contributed by atoms with Crippen LogP contribution in [0.5, 0.6) is 0 Å². The summed E-state index contributed by atoms with van der Waals surface area (Å²) in [6, 6.07) is 3.72. The third-order valence-electron chi connectivity index (χ3n) is 4.60. The van der Waals surface area contributed by atoms with Gasteiger partial charge in [-0.1, -0.05) is 12.5 Å². The maximum absolute atomic E-state index is 12.2. The molecule has 22 heavy (non-hydrogen) atoms. The van der Waals surface area contributed by atoms with Gasteiger partial charge < -0.3 is 10.2 Å². The van der Waals surface area contributed by atoms with Crippen LogP contribution in [0.4, 0.5) is 0 Å². The molecule has 5 nitrogen and oxygen atoms in total. The van der Waals surface area contributed by atoms with Crippen LogP contribution in [0.3, 0.4) is 0 Å². The van der Waals surface area contributed by atoms with E-state index in [-0.39, 0.29) is 5.91 Å². The largest absolute Gasteiger partial charge is 0.350 e. The van der Waals surface area contributed by atoms with Gasteiger partial charge in [0.1, 0.15) is 0 Å². The van der Waals surface area contributed by atoms with Gasteiger partial charge in [0.05, 0.1) is 4.88 Å². The minimum absolute atomic E-state index is 0.00815. The number of hydrogen-bond acceptors (Lipinski definition) is 4. The summed E-state index contributed by atoms with van der Waals surface area (Å²) < 4.78 is 0. The highest BCUT2D eigenvalue weighted by atomic mass is 32.1. The second-order valence-corrected chi connectivity index (χ2v) is 6.98. The molecule has 6 heteroatoms. The highest BCUT2D eigenvalue weighted by Crippen LogP contribution is 2.28. The first-order valence-electron chi connectivity index (χ1n) is 8.07. The molecule has 1 aromatic rings. The molecule has 2 aliphatic rings. The predicted octanol–water partition coefficient (Wildman–Crippen LogP) is 1.42. The lowest BCUT2D eigenvalue weighted by atomic mass is 9.84. The van der Waals surface area contributed by atoms with Gasteiger partial charge >= 0.3 is 0 Å². The molecule has 1 aliphatic carbocycles. The maximum atomic E-state index is 12.2. The summed E-state index contributed by atoms with van der Waals surface area (Å²) in [7, 11) is 0. The zero-order chi connectivity index (χ0) is 15.4. The number of carbonyl (C=O) groups is 2. The first-order valence-corrected chi connectivity index (χ1v) is 8.95. The minimum atomic E-state index is 0.00815. The molecule has 120 valence electrons. The number of rotatable bonds is 5. The molecule has 3 rings (SSSR count). The molecule has 0 bridgehead atoms. The van der Waals surface area contributed by atoms with Crippen molar-refractivity contribution in [2.45, 2.75) is 19.3 Å². The number of amides is 2. The zero-order valence-corrected chi connectivity index (χ0v) is 13.6. The molecule has 2 amide bonds. The summed E-state index contributed by atoms with van der Waals surface area (Å²) in [5.41, 5.74) is 0. The van der Waals surface area contributed by atoms with E-state index in [2.05, 4.69) is 10.2 Å². The normalized spacial score (nSPS) is 19.7. The van der Waals surface area contributed by atoms with E-state index in [1.165, 1.54) is 17.8 Å². The zero-order valence-electron chi connectivity index (χ0n) is 12.8. The number of carbonyl (C=O) groups excluding carboxylic acids is 2. The van der Waals surface area contributed by atoms with Crippen molar-refractivity contribution < 1.29 is 9.59 Å². The van der Waals surface area contributed by atoms with Crippen molar-refractivity contribution >= 4 is 23.2 Å². The quantitative estimate of drug-likeness (QED) is 0.892.